The molecule has 0 aromatic heterocycles. The van der Waals surface area contributed by atoms with Gasteiger partial charge in [0.25, 0.3) is 5.91 Å². The first-order valence-corrected chi connectivity index (χ1v) is 7.13. The Balaban J connectivity index is 1.92. The summed E-state index contributed by atoms with van der Waals surface area (Å²) in [7, 11) is 0. The van der Waals surface area contributed by atoms with E-state index in [0.717, 1.165) is 4.47 Å². The maximum Gasteiger partial charge on any atom is 0.262 e. The molecule has 106 valence electrons. The van der Waals surface area contributed by atoms with Crippen molar-refractivity contribution < 1.29 is 9.53 Å². The van der Waals surface area contributed by atoms with E-state index < -0.39 is 0 Å². The van der Waals surface area contributed by atoms with Gasteiger partial charge in [0.15, 0.2) is 6.61 Å². The lowest BCUT2D eigenvalue weighted by Gasteiger charge is -2.09. The summed E-state index contributed by atoms with van der Waals surface area (Å²) < 4.78 is 6.07. The van der Waals surface area contributed by atoms with E-state index in [9.17, 15) is 4.79 Å². The van der Waals surface area contributed by atoms with Crippen molar-refractivity contribution in [2.24, 2.45) is 0 Å². The number of halogens is 2. The highest BCUT2D eigenvalue weighted by Crippen LogP contribution is 2.25. The Bertz CT molecular complexity index is 696. The zero-order chi connectivity index (χ0) is 15.2. The lowest BCUT2D eigenvalue weighted by Crippen LogP contribution is -2.20. The third kappa shape index (κ3) is 4.48. The number of anilines is 1. The van der Waals surface area contributed by atoms with Crippen molar-refractivity contribution in [1.82, 2.24) is 0 Å². The van der Waals surface area contributed by atoms with Gasteiger partial charge in [-0.3, -0.25) is 4.79 Å². The number of rotatable bonds is 4. The molecule has 0 saturated heterocycles. The molecule has 0 saturated carbocycles. The summed E-state index contributed by atoms with van der Waals surface area (Å²) in [5.74, 6) is 0.219. The van der Waals surface area contributed by atoms with Gasteiger partial charge in [0, 0.05) is 9.50 Å². The summed E-state index contributed by atoms with van der Waals surface area (Å²) in [6, 6.07) is 13.7. The van der Waals surface area contributed by atoms with Gasteiger partial charge in [0.1, 0.15) is 5.75 Å². The number of hydrogen-bond acceptors (Lipinski definition) is 3. The lowest BCUT2D eigenvalue weighted by molar-refractivity contribution is -0.118. The number of ether oxygens (including phenoxy) is 1. The van der Waals surface area contributed by atoms with Crippen molar-refractivity contribution >= 4 is 39.1 Å². The van der Waals surface area contributed by atoms with Crippen LogP contribution >= 0.6 is 27.5 Å². The molecule has 1 N–H and O–H groups in total. The molecule has 2 aromatic rings. The van der Waals surface area contributed by atoms with Crippen molar-refractivity contribution in [2.45, 2.75) is 0 Å². The summed E-state index contributed by atoms with van der Waals surface area (Å²) in [6.07, 6.45) is 0. The smallest absolute Gasteiger partial charge is 0.262 e. The van der Waals surface area contributed by atoms with Gasteiger partial charge in [-0.25, -0.2) is 0 Å². The Kier molecular flexibility index (Phi) is 5.20. The molecule has 2 aromatic carbocycles. The second-order valence-corrected chi connectivity index (χ2v) is 5.39. The van der Waals surface area contributed by atoms with E-state index in [1.54, 1.807) is 42.5 Å². The Morgan fingerprint density at radius 3 is 2.67 bits per heavy atom. The molecule has 4 nitrogen and oxygen atoms in total. The number of benzene rings is 2. The van der Waals surface area contributed by atoms with Crippen molar-refractivity contribution in [3.05, 3.63) is 57.5 Å². The predicted molar refractivity (Wildman–Crippen MR) is 84.4 cm³/mol. The number of nitriles is 1. The standard InChI is InChI=1S/C15H10BrClN2O2/c16-13-6-3-11(17)7-14(13)19-15(20)9-21-12-4-1-10(8-18)2-5-12/h1-7H,9H2,(H,19,20). The van der Waals surface area contributed by atoms with Crippen molar-refractivity contribution in [2.75, 3.05) is 11.9 Å². The van der Waals surface area contributed by atoms with Crippen LogP contribution in [0.3, 0.4) is 0 Å². The second kappa shape index (κ2) is 7.11. The lowest BCUT2D eigenvalue weighted by atomic mass is 10.2. The van der Waals surface area contributed by atoms with Crippen molar-refractivity contribution in [3.63, 3.8) is 0 Å². The molecular weight excluding hydrogens is 356 g/mol. The van der Waals surface area contributed by atoms with Gasteiger partial charge in [0.05, 0.1) is 17.3 Å². The van der Waals surface area contributed by atoms with Crippen LogP contribution < -0.4 is 10.1 Å². The second-order valence-electron chi connectivity index (χ2n) is 4.10. The molecule has 0 bridgehead atoms. The van der Waals surface area contributed by atoms with E-state index in [1.807, 2.05) is 6.07 Å². The molecule has 0 atom stereocenters. The molecule has 0 aliphatic heterocycles. The van der Waals surface area contributed by atoms with Gasteiger partial charge in [0.2, 0.25) is 0 Å². The number of nitrogens with zero attached hydrogens (tertiary/aromatic N) is 1. The van der Waals surface area contributed by atoms with Crippen LogP contribution in [0.25, 0.3) is 0 Å². The third-order valence-corrected chi connectivity index (χ3v) is 3.48. The first kappa shape index (κ1) is 15.4. The van der Waals surface area contributed by atoms with Gasteiger partial charge >= 0.3 is 0 Å². The van der Waals surface area contributed by atoms with E-state index in [1.165, 1.54) is 0 Å². The van der Waals surface area contributed by atoms with Gasteiger partial charge in [-0.15, -0.1) is 0 Å². The highest BCUT2D eigenvalue weighted by Gasteiger charge is 2.07. The number of carbonyl (C=O) groups is 1. The van der Waals surface area contributed by atoms with Crippen LogP contribution in [0.2, 0.25) is 5.02 Å². The zero-order valence-electron chi connectivity index (χ0n) is 10.8. The summed E-state index contributed by atoms with van der Waals surface area (Å²) in [4.78, 5) is 11.8. The fourth-order valence-electron chi connectivity index (χ4n) is 1.55. The first-order valence-electron chi connectivity index (χ1n) is 5.96. The van der Waals surface area contributed by atoms with E-state index in [-0.39, 0.29) is 12.5 Å². The molecule has 0 aliphatic rings. The monoisotopic (exact) mass is 364 g/mol. The molecule has 6 heteroatoms. The van der Waals surface area contributed by atoms with E-state index >= 15 is 0 Å². The minimum Gasteiger partial charge on any atom is -0.484 e. The Labute approximate surface area is 135 Å². The SMILES string of the molecule is N#Cc1ccc(OCC(=O)Nc2cc(Cl)ccc2Br)cc1. The zero-order valence-corrected chi connectivity index (χ0v) is 13.1. The van der Waals surface area contributed by atoms with Crippen LogP contribution in [0.5, 0.6) is 5.75 Å². The molecule has 0 fully saturated rings. The molecule has 2 rings (SSSR count). The Morgan fingerprint density at radius 2 is 2.00 bits per heavy atom. The molecule has 21 heavy (non-hydrogen) atoms. The number of hydrogen-bond donors (Lipinski definition) is 1. The Hall–Kier alpha value is -2.03. The Morgan fingerprint density at radius 1 is 1.29 bits per heavy atom. The fourth-order valence-corrected chi connectivity index (χ4v) is 2.07. The predicted octanol–water partition coefficient (Wildman–Crippen LogP) is 3.99. The highest BCUT2D eigenvalue weighted by molar-refractivity contribution is 9.10. The molecule has 0 heterocycles. The quantitative estimate of drug-likeness (QED) is 0.891. The minimum absolute atomic E-state index is 0.134. The molecule has 0 aliphatic carbocycles. The number of carbonyl (C=O) groups excluding carboxylic acids is 1. The van der Waals surface area contributed by atoms with Gasteiger partial charge < -0.3 is 10.1 Å². The number of amides is 1. The molecule has 1 amide bonds. The average molecular weight is 366 g/mol. The summed E-state index contributed by atoms with van der Waals surface area (Å²) >= 11 is 9.20. The topological polar surface area (TPSA) is 62.1 Å². The van der Waals surface area contributed by atoms with Crippen LogP contribution in [0.4, 0.5) is 5.69 Å². The van der Waals surface area contributed by atoms with E-state index in [0.29, 0.717) is 22.0 Å². The van der Waals surface area contributed by atoms with Gasteiger partial charge in [-0.1, -0.05) is 11.6 Å². The molecule has 0 radical (unpaired) electrons. The maximum absolute atomic E-state index is 11.8. The molecule has 0 unspecified atom stereocenters. The molecule has 0 spiro atoms. The largest absolute Gasteiger partial charge is 0.484 e. The van der Waals surface area contributed by atoms with Crippen molar-refractivity contribution in [3.8, 4) is 11.8 Å². The van der Waals surface area contributed by atoms with Gasteiger partial charge in [-0.05, 0) is 58.4 Å². The van der Waals surface area contributed by atoms with Crippen LogP contribution in [0.15, 0.2) is 46.9 Å². The minimum atomic E-state index is -0.303. The van der Waals surface area contributed by atoms with Gasteiger partial charge in [-0.2, -0.15) is 5.26 Å². The van der Waals surface area contributed by atoms with Crippen LogP contribution in [0, 0.1) is 11.3 Å². The van der Waals surface area contributed by atoms with E-state index in [2.05, 4.69) is 21.2 Å². The normalized spacial score (nSPS) is 9.76. The summed E-state index contributed by atoms with van der Waals surface area (Å²) in [5.41, 5.74) is 1.12. The first-order chi connectivity index (χ1) is 10.1. The van der Waals surface area contributed by atoms with Crippen LogP contribution in [-0.2, 0) is 4.79 Å². The van der Waals surface area contributed by atoms with Crippen LogP contribution in [-0.4, -0.2) is 12.5 Å². The summed E-state index contributed by atoms with van der Waals surface area (Å²) in [6.45, 7) is -0.134. The average Bonchev–Trinajstić information content (AvgIpc) is 2.49. The number of nitrogens with one attached hydrogen (secondary N) is 1. The third-order valence-electron chi connectivity index (χ3n) is 2.56. The molecular formula is C15H10BrClN2O2. The van der Waals surface area contributed by atoms with Crippen LogP contribution in [0.1, 0.15) is 5.56 Å². The van der Waals surface area contributed by atoms with Crippen molar-refractivity contribution in [1.29, 1.82) is 5.26 Å². The highest BCUT2D eigenvalue weighted by atomic mass is 79.9. The fraction of sp³-hybridized carbons (Fsp3) is 0.0667. The summed E-state index contributed by atoms with van der Waals surface area (Å²) in [5, 5.41) is 11.9. The maximum atomic E-state index is 11.8. The van der Waals surface area contributed by atoms with E-state index in [4.69, 9.17) is 21.6 Å².